The Hall–Kier alpha value is -3.17. The molecule has 21 heteroatoms. The Labute approximate surface area is 273 Å². The summed E-state index contributed by atoms with van der Waals surface area (Å²) < 4.78 is 101. The number of fused-ring (bicyclic) bond motifs is 1. The Morgan fingerprint density at radius 2 is 1.35 bits per heavy atom. The maximum Gasteiger partial charge on any atom is 0.490 e. The van der Waals surface area contributed by atoms with E-state index in [1.54, 1.807) is 0 Å². The standard InChI is InChI=1S/C21H35N3O2S.3C2HF3O2/c1-5-26-20(25)21-9-6-10-23(15-19-8-7-17(2)27-19)13-18(21)14-24(16-21)12-11-22(3)4;3*3-2(4,5)1(6)7/h7-8,18H,5-6,9-16H2,1-4H3;3*(H,6,7)/t18-,21-;;;/m0.../s1. The number of aliphatic carboxylic acids is 3. The fourth-order valence-electron chi connectivity index (χ4n) is 4.67. The largest absolute Gasteiger partial charge is 0.490 e. The first-order chi connectivity index (χ1) is 21.8. The Balaban J connectivity index is 0.000000855. The molecule has 2 aliphatic heterocycles. The summed E-state index contributed by atoms with van der Waals surface area (Å²) in [6.45, 7) is 11.6. The van der Waals surface area contributed by atoms with E-state index in [4.69, 9.17) is 34.4 Å². The van der Waals surface area contributed by atoms with Crippen molar-refractivity contribution < 1.29 is 78.7 Å². The maximum absolute atomic E-state index is 13.0. The molecule has 1 aromatic heterocycles. The van der Waals surface area contributed by atoms with Gasteiger partial charge in [-0.05, 0) is 59.5 Å². The molecule has 1 aromatic rings. The van der Waals surface area contributed by atoms with Crippen molar-refractivity contribution in [3.8, 4) is 0 Å². The predicted molar refractivity (Wildman–Crippen MR) is 152 cm³/mol. The summed E-state index contributed by atoms with van der Waals surface area (Å²) in [6.07, 6.45) is -13.2. The van der Waals surface area contributed by atoms with Gasteiger partial charge in [0.1, 0.15) is 0 Å². The number of esters is 1. The molecule has 0 aliphatic carbocycles. The SMILES string of the molecule is CCOC(=O)[C@]12CCCN(Cc3ccc(C)s3)C[C@H]1CN(CCN(C)C)C2.O=C(O)C(F)(F)F.O=C(O)C(F)(F)F.O=C(O)C(F)(F)F. The van der Waals surface area contributed by atoms with Crippen LogP contribution in [0.25, 0.3) is 0 Å². The van der Waals surface area contributed by atoms with Gasteiger partial charge in [0.05, 0.1) is 12.0 Å². The number of hydrogen-bond donors (Lipinski definition) is 3. The van der Waals surface area contributed by atoms with E-state index in [2.05, 4.69) is 47.9 Å². The molecule has 2 aliphatic rings. The summed E-state index contributed by atoms with van der Waals surface area (Å²) >= 11 is 1.89. The highest BCUT2D eigenvalue weighted by molar-refractivity contribution is 7.11. The highest BCUT2D eigenvalue weighted by atomic mass is 32.1. The van der Waals surface area contributed by atoms with Gasteiger partial charge in [0.2, 0.25) is 0 Å². The van der Waals surface area contributed by atoms with Gasteiger partial charge in [-0.25, -0.2) is 14.4 Å². The van der Waals surface area contributed by atoms with Gasteiger partial charge >= 0.3 is 42.4 Å². The number of alkyl halides is 9. The van der Waals surface area contributed by atoms with E-state index in [0.717, 1.165) is 58.7 Å². The maximum atomic E-state index is 13.0. The van der Waals surface area contributed by atoms with Crippen molar-refractivity contribution in [1.29, 1.82) is 0 Å². The molecule has 0 radical (unpaired) electrons. The number of rotatable bonds is 7. The van der Waals surface area contributed by atoms with Crippen LogP contribution in [-0.2, 0) is 30.5 Å². The molecule has 3 heterocycles. The van der Waals surface area contributed by atoms with Gasteiger partial charge in [0, 0.05) is 54.9 Å². The molecule has 0 bridgehead atoms. The number of halogens is 9. The van der Waals surface area contributed by atoms with E-state index < -0.39 is 36.4 Å². The lowest BCUT2D eigenvalue weighted by Gasteiger charge is -2.31. The molecule has 3 N–H and O–H groups in total. The Kier molecular flexibility index (Phi) is 17.9. The molecule has 2 fully saturated rings. The summed E-state index contributed by atoms with van der Waals surface area (Å²) in [5.41, 5.74) is -0.317. The quantitative estimate of drug-likeness (QED) is 0.267. The average Bonchev–Trinajstić information content (AvgIpc) is 3.45. The fraction of sp³-hybridized carbons (Fsp3) is 0.704. The van der Waals surface area contributed by atoms with Crippen molar-refractivity contribution in [2.75, 3.05) is 60.0 Å². The number of carboxylic acid groups (broad SMARTS) is 3. The Morgan fingerprint density at radius 3 is 1.73 bits per heavy atom. The third-order valence-electron chi connectivity index (χ3n) is 6.79. The number of carbonyl (C=O) groups excluding carboxylic acids is 1. The molecule has 0 spiro atoms. The first-order valence-electron chi connectivity index (χ1n) is 14.0. The number of likely N-dealkylation sites (N-methyl/N-ethyl adjacent to an activating group) is 1. The molecular formula is C27H38F9N3O8S. The molecule has 0 unspecified atom stereocenters. The minimum absolute atomic E-state index is 0.0381. The lowest BCUT2D eigenvalue weighted by atomic mass is 9.75. The van der Waals surface area contributed by atoms with Gasteiger partial charge in [0.25, 0.3) is 0 Å². The number of carbonyl (C=O) groups is 4. The molecule has 0 saturated carbocycles. The van der Waals surface area contributed by atoms with Crippen LogP contribution in [0.4, 0.5) is 39.5 Å². The van der Waals surface area contributed by atoms with Gasteiger partial charge in [-0.1, -0.05) is 0 Å². The number of aryl methyl sites for hydroxylation is 1. The van der Waals surface area contributed by atoms with Gasteiger partial charge < -0.3 is 29.9 Å². The zero-order valence-electron chi connectivity index (χ0n) is 26.3. The zero-order chi connectivity index (χ0) is 37.7. The lowest BCUT2D eigenvalue weighted by molar-refractivity contribution is -0.193. The van der Waals surface area contributed by atoms with Crippen molar-refractivity contribution in [2.45, 2.75) is 51.8 Å². The van der Waals surface area contributed by atoms with E-state index in [1.807, 2.05) is 18.3 Å². The molecule has 278 valence electrons. The number of carboxylic acids is 3. The zero-order valence-corrected chi connectivity index (χ0v) is 27.2. The topological polar surface area (TPSA) is 148 Å². The van der Waals surface area contributed by atoms with Crippen molar-refractivity contribution in [3.63, 3.8) is 0 Å². The van der Waals surface area contributed by atoms with Crippen LogP contribution in [0.1, 0.15) is 29.5 Å². The first kappa shape index (κ1) is 44.8. The second kappa shape index (κ2) is 19.1. The fourth-order valence-corrected chi connectivity index (χ4v) is 5.60. The van der Waals surface area contributed by atoms with E-state index in [0.29, 0.717) is 12.5 Å². The summed E-state index contributed by atoms with van der Waals surface area (Å²) in [6, 6.07) is 4.46. The van der Waals surface area contributed by atoms with Gasteiger partial charge in [-0.2, -0.15) is 39.5 Å². The van der Waals surface area contributed by atoms with Crippen LogP contribution in [0.3, 0.4) is 0 Å². The number of ether oxygens (including phenoxy) is 1. The minimum atomic E-state index is -5.08. The number of nitrogens with zero attached hydrogens (tertiary/aromatic N) is 3. The smallest absolute Gasteiger partial charge is 0.475 e. The van der Waals surface area contributed by atoms with Crippen molar-refractivity contribution in [1.82, 2.24) is 14.7 Å². The van der Waals surface area contributed by atoms with E-state index in [1.165, 1.54) is 9.75 Å². The van der Waals surface area contributed by atoms with Crippen molar-refractivity contribution in [2.24, 2.45) is 11.3 Å². The first-order valence-corrected chi connectivity index (χ1v) is 14.8. The summed E-state index contributed by atoms with van der Waals surface area (Å²) in [4.78, 5) is 49.8. The molecule has 0 amide bonds. The van der Waals surface area contributed by atoms with Crippen molar-refractivity contribution >= 4 is 35.2 Å². The van der Waals surface area contributed by atoms with Gasteiger partial charge in [-0.15, -0.1) is 11.3 Å². The average molecular weight is 736 g/mol. The Morgan fingerprint density at radius 1 is 0.896 bits per heavy atom. The second-order valence-corrected chi connectivity index (χ2v) is 12.2. The van der Waals surface area contributed by atoms with Crippen LogP contribution in [-0.4, -0.2) is 132 Å². The number of thiophene rings is 1. The normalized spacial score (nSPS) is 20.1. The van der Waals surface area contributed by atoms with Crippen LogP contribution >= 0.6 is 11.3 Å². The van der Waals surface area contributed by atoms with Gasteiger partial charge in [-0.3, -0.25) is 9.69 Å². The summed E-state index contributed by atoms with van der Waals surface area (Å²) in [5, 5.41) is 21.4. The van der Waals surface area contributed by atoms with Gasteiger partial charge in [0.15, 0.2) is 0 Å². The molecule has 48 heavy (non-hydrogen) atoms. The molecule has 0 aromatic carbocycles. The predicted octanol–water partition coefficient (Wildman–Crippen LogP) is 4.60. The van der Waals surface area contributed by atoms with Crippen LogP contribution in [0.15, 0.2) is 12.1 Å². The van der Waals surface area contributed by atoms with E-state index >= 15 is 0 Å². The highest BCUT2D eigenvalue weighted by Crippen LogP contribution is 2.44. The monoisotopic (exact) mass is 735 g/mol. The second-order valence-electron chi connectivity index (χ2n) is 10.9. The third kappa shape index (κ3) is 16.3. The van der Waals surface area contributed by atoms with E-state index in [-0.39, 0.29) is 11.4 Å². The van der Waals surface area contributed by atoms with E-state index in [9.17, 15) is 44.3 Å². The minimum Gasteiger partial charge on any atom is -0.475 e. The molecule has 3 rings (SSSR count). The summed E-state index contributed by atoms with van der Waals surface area (Å²) in [7, 11) is 4.22. The molecule has 2 saturated heterocycles. The number of likely N-dealkylation sites (tertiary alicyclic amines) is 2. The summed E-state index contributed by atoms with van der Waals surface area (Å²) in [5.74, 6) is -7.87. The number of hydrogen-bond acceptors (Lipinski definition) is 9. The lowest BCUT2D eigenvalue weighted by Crippen LogP contribution is -2.42. The molecular weight excluding hydrogens is 697 g/mol. The molecule has 11 nitrogen and oxygen atoms in total. The van der Waals surface area contributed by atoms with Crippen LogP contribution in [0.5, 0.6) is 0 Å². The van der Waals surface area contributed by atoms with Crippen LogP contribution < -0.4 is 0 Å². The third-order valence-corrected chi connectivity index (χ3v) is 7.78. The molecule has 2 atom stereocenters. The van der Waals surface area contributed by atoms with Crippen LogP contribution in [0, 0.1) is 18.3 Å². The highest BCUT2D eigenvalue weighted by Gasteiger charge is 2.53. The van der Waals surface area contributed by atoms with Crippen LogP contribution in [0.2, 0.25) is 0 Å². The Bertz CT molecular complexity index is 1140. The van der Waals surface area contributed by atoms with Crippen molar-refractivity contribution in [3.05, 3.63) is 21.9 Å².